The first-order valence-electron chi connectivity index (χ1n) is 9.88. The Balaban J connectivity index is 1.69. The molecule has 0 aromatic heterocycles. The van der Waals surface area contributed by atoms with Crippen molar-refractivity contribution in [2.75, 3.05) is 34.3 Å². The third kappa shape index (κ3) is 4.67. The number of nitrogens with zero attached hydrogens (tertiary/aromatic N) is 2. The minimum absolute atomic E-state index is 0.0311. The Kier molecular flexibility index (Phi) is 6.12. The second-order valence-electron chi connectivity index (χ2n) is 8.49. The minimum Gasteiger partial charge on any atom is -0.497 e. The van der Waals surface area contributed by atoms with Crippen LogP contribution in [0.1, 0.15) is 44.7 Å². The van der Waals surface area contributed by atoms with Gasteiger partial charge in [-0.15, -0.1) is 0 Å². The van der Waals surface area contributed by atoms with Gasteiger partial charge in [0.1, 0.15) is 17.1 Å². The molecule has 1 atom stereocenters. The first-order valence-corrected chi connectivity index (χ1v) is 11.3. The number of hydrogen-bond donors (Lipinski definition) is 1. The maximum absolute atomic E-state index is 12.9. The predicted molar refractivity (Wildman–Crippen MR) is 110 cm³/mol. The van der Waals surface area contributed by atoms with Crippen LogP contribution in [0.2, 0.25) is 0 Å². The Morgan fingerprint density at radius 1 is 1.28 bits per heavy atom. The van der Waals surface area contributed by atoms with Crippen LogP contribution in [0.15, 0.2) is 18.2 Å². The van der Waals surface area contributed by atoms with Gasteiger partial charge in [0.2, 0.25) is 5.91 Å². The van der Waals surface area contributed by atoms with E-state index >= 15 is 0 Å². The number of nitrogens with one attached hydrogen (secondary N) is 1. The van der Waals surface area contributed by atoms with E-state index in [1.807, 2.05) is 32.0 Å². The molecule has 29 heavy (non-hydrogen) atoms. The number of methoxy groups -OCH3 is 1. The standard InChI is InChI=1S/C20H31N3O5S/c1-20(2)13-17(16-7-6-15(27-5)12-18(16)28-20)21-19(24)14-8-10-23(11-9-14)29(25,26)22(3)4/h6-7,12,14,17H,8-11,13H2,1-5H3,(H,21,24). The van der Waals surface area contributed by atoms with E-state index in [-0.39, 0.29) is 17.9 Å². The molecule has 1 N–H and O–H groups in total. The molecule has 8 nitrogen and oxygen atoms in total. The van der Waals surface area contributed by atoms with Crippen LogP contribution in [0.4, 0.5) is 0 Å². The summed E-state index contributed by atoms with van der Waals surface area (Å²) in [6.07, 6.45) is 1.69. The molecular formula is C20H31N3O5S. The quantitative estimate of drug-likeness (QED) is 0.779. The zero-order valence-corrected chi connectivity index (χ0v) is 18.6. The van der Waals surface area contributed by atoms with E-state index < -0.39 is 15.8 Å². The number of piperidine rings is 1. The predicted octanol–water partition coefficient (Wildman–Crippen LogP) is 1.93. The van der Waals surface area contributed by atoms with Gasteiger partial charge < -0.3 is 14.8 Å². The van der Waals surface area contributed by atoms with Crippen LogP contribution >= 0.6 is 0 Å². The van der Waals surface area contributed by atoms with Gasteiger partial charge in [0.05, 0.1) is 13.2 Å². The van der Waals surface area contributed by atoms with Crippen molar-refractivity contribution in [2.45, 2.75) is 44.8 Å². The lowest BCUT2D eigenvalue weighted by atomic mass is 9.88. The van der Waals surface area contributed by atoms with E-state index in [9.17, 15) is 13.2 Å². The van der Waals surface area contributed by atoms with Crippen molar-refractivity contribution < 1.29 is 22.7 Å². The van der Waals surface area contributed by atoms with Crippen LogP contribution in [-0.2, 0) is 15.0 Å². The van der Waals surface area contributed by atoms with Gasteiger partial charge in [-0.1, -0.05) is 0 Å². The smallest absolute Gasteiger partial charge is 0.281 e. The van der Waals surface area contributed by atoms with E-state index in [1.54, 1.807) is 7.11 Å². The molecule has 1 saturated heterocycles. The summed E-state index contributed by atoms with van der Waals surface area (Å²) in [5, 5.41) is 3.18. The summed E-state index contributed by atoms with van der Waals surface area (Å²) in [6, 6.07) is 5.49. The van der Waals surface area contributed by atoms with Gasteiger partial charge in [-0.05, 0) is 38.8 Å². The number of ether oxygens (including phenoxy) is 2. The molecule has 0 radical (unpaired) electrons. The topological polar surface area (TPSA) is 88.2 Å². The van der Waals surface area contributed by atoms with E-state index in [0.29, 0.717) is 38.1 Å². The van der Waals surface area contributed by atoms with Gasteiger partial charge in [0.15, 0.2) is 0 Å². The second kappa shape index (κ2) is 8.12. The highest BCUT2D eigenvalue weighted by Crippen LogP contribution is 2.41. The van der Waals surface area contributed by atoms with Gasteiger partial charge in [-0.3, -0.25) is 4.79 Å². The molecule has 1 aromatic carbocycles. The van der Waals surface area contributed by atoms with Gasteiger partial charge >= 0.3 is 0 Å². The van der Waals surface area contributed by atoms with Crippen molar-refractivity contribution in [3.05, 3.63) is 23.8 Å². The highest BCUT2D eigenvalue weighted by molar-refractivity contribution is 7.86. The summed E-state index contributed by atoms with van der Waals surface area (Å²) in [6.45, 7) is 4.70. The Hall–Kier alpha value is -1.84. The van der Waals surface area contributed by atoms with Crippen LogP contribution < -0.4 is 14.8 Å². The van der Waals surface area contributed by atoms with Gasteiger partial charge in [0.25, 0.3) is 10.2 Å². The van der Waals surface area contributed by atoms with Gasteiger partial charge in [-0.25, -0.2) is 0 Å². The summed E-state index contributed by atoms with van der Waals surface area (Å²) < 4.78 is 38.6. The van der Waals surface area contributed by atoms with E-state index in [4.69, 9.17) is 9.47 Å². The molecule has 0 spiro atoms. The highest BCUT2D eigenvalue weighted by atomic mass is 32.2. The average Bonchev–Trinajstić information content (AvgIpc) is 2.66. The Morgan fingerprint density at radius 3 is 2.52 bits per heavy atom. The molecule has 3 rings (SSSR count). The molecule has 2 heterocycles. The first kappa shape index (κ1) is 21.9. The summed E-state index contributed by atoms with van der Waals surface area (Å²) in [7, 11) is 1.22. The maximum atomic E-state index is 12.9. The summed E-state index contributed by atoms with van der Waals surface area (Å²) >= 11 is 0. The molecule has 0 bridgehead atoms. The van der Waals surface area contributed by atoms with Crippen LogP contribution in [0, 0.1) is 5.92 Å². The molecule has 0 saturated carbocycles. The number of carbonyl (C=O) groups excluding carboxylic acids is 1. The Bertz CT molecular complexity index is 861. The number of hydrogen-bond acceptors (Lipinski definition) is 5. The third-order valence-corrected chi connectivity index (χ3v) is 7.55. The van der Waals surface area contributed by atoms with Crippen LogP contribution in [0.25, 0.3) is 0 Å². The normalized spacial score (nSPS) is 22.6. The monoisotopic (exact) mass is 425 g/mol. The fourth-order valence-electron chi connectivity index (χ4n) is 3.96. The van der Waals surface area contributed by atoms with Crippen LogP contribution in [-0.4, -0.2) is 62.8 Å². The van der Waals surface area contributed by atoms with Crippen LogP contribution in [0.3, 0.4) is 0 Å². The van der Waals surface area contributed by atoms with E-state index in [1.165, 1.54) is 22.7 Å². The van der Waals surface area contributed by atoms with Crippen molar-refractivity contribution in [3.63, 3.8) is 0 Å². The molecule has 1 unspecified atom stereocenters. The van der Waals surface area contributed by atoms with E-state index in [2.05, 4.69) is 5.32 Å². The second-order valence-corrected chi connectivity index (χ2v) is 10.6. The number of amides is 1. The van der Waals surface area contributed by atoms with Crippen molar-refractivity contribution >= 4 is 16.1 Å². The van der Waals surface area contributed by atoms with Crippen molar-refractivity contribution in [1.29, 1.82) is 0 Å². The van der Waals surface area contributed by atoms with Crippen molar-refractivity contribution in [1.82, 2.24) is 13.9 Å². The van der Waals surface area contributed by atoms with Gasteiger partial charge in [-0.2, -0.15) is 17.0 Å². The highest BCUT2D eigenvalue weighted by Gasteiger charge is 2.37. The Labute approximate surface area is 173 Å². The van der Waals surface area contributed by atoms with Crippen molar-refractivity contribution in [2.24, 2.45) is 5.92 Å². The SMILES string of the molecule is COc1ccc2c(c1)OC(C)(C)CC2NC(=O)C1CCN(S(=O)(=O)N(C)C)CC1. The van der Waals surface area contributed by atoms with Crippen molar-refractivity contribution in [3.8, 4) is 11.5 Å². The zero-order chi connectivity index (χ0) is 21.4. The summed E-state index contributed by atoms with van der Waals surface area (Å²) in [5.74, 6) is 1.20. The summed E-state index contributed by atoms with van der Waals surface area (Å²) in [5.41, 5.74) is 0.520. The number of rotatable bonds is 5. The fraction of sp³-hybridized carbons (Fsp3) is 0.650. The third-order valence-electron chi connectivity index (χ3n) is 5.61. The Morgan fingerprint density at radius 2 is 1.93 bits per heavy atom. The van der Waals surface area contributed by atoms with Gasteiger partial charge in [0, 0.05) is 51.2 Å². The lowest BCUT2D eigenvalue weighted by Gasteiger charge is -2.39. The fourth-order valence-corrected chi connectivity index (χ4v) is 5.09. The lowest BCUT2D eigenvalue weighted by molar-refractivity contribution is -0.127. The van der Waals surface area contributed by atoms with E-state index in [0.717, 1.165) is 11.3 Å². The molecule has 2 aliphatic rings. The number of carbonyl (C=O) groups is 1. The molecule has 1 amide bonds. The first-order chi connectivity index (χ1) is 13.5. The molecule has 162 valence electrons. The summed E-state index contributed by atoms with van der Waals surface area (Å²) in [4.78, 5) is 12.9. The molecular weight excluding hydrogens is 394 g/mol. The number of fused-ring (bicyclic) bond motifs is 1. The molecule has 1 fully saturated rings. The molecule has 2 aliphatic heterocycles. The number of benzene rings is 1. The lowest BCUT2D eigenvalue weighted by Crippen LogP contribution is -2.48. The van der Waals surface area contributed by atoms with Crippen LogP contribution in [0.5, 0.6) is 11.5 Å². The largest absolute Gasteiger partial charge is 0.497 e. The molecule has 0 aliphatic carbocycles. The zero-order valence-electron chi connectivity index (χ0n) is 17.8. The molecule has 9 heteroatoms. The minimum atomic E-state index is -3.43. The average molecular weight is 426 g/mol. The molecule has 1 aromatic rings. The maximum Gasteiger partial charge on any atom is 0.281 e.